The minimum atomic E-state index is -0.917. The van der Waals surface area contributed by atoms with E-state index in [-0.39, 0.29) is 35.7 Å². The largest absolute Gasteiger partial charge is 0.495 e. The average molecular weight is 348 g/mol. The first-order valence-electron chi connectivity index (χ1n) is 8.25. The number of ether oxygens (including phenoxy) is 3. The second-order valence-electron chi connectivity index (χ2n) is 7.01. The molecule has 2 rings (SSSR count). The monoisotopic (exact) mass is 348 g/mol. The van der Waals surface area contributed by atoms with E-state index in [1.807, 2.05) is 0 Å². The Morgan fingerprint density at radius 2 is 1.92 bits per heavy atom. The van der Waals surface area contributed by atoms with Crippen molar-refractivity contribution in [1.82, 2.24) is 0 Å². The maximum atomic E-state index is 12.8. The van der Waals surface area contributed by atoms with Crippen molar-refractivity contribution < 1.29 is 28.6 Å². The van der Waals surface area contributed by atoms with Gasteiger partial charge in [-0.1, -0.05) is 6.07 Å². The van der Waals surface area contributed by atoms with Crippen LogP contribution in [0.25, 0.3) is 0 Å². The molecule has 1 aromatic carbocycles. The van der Waals surface area contributed by atoms with Crippen LogP contribution in [0.5, 0.6) is 5.75 Å². The molecule has 0 saturated carbocycles. The lowest BCUT2D eigenvalue weighted by molar-refractivity contribution is -0.157. The van der Waals surface area contributed by atoms with Crippen LogP contribution in [0.3, 0.4) is 0 Å². The van der Waals surface area contributed by atoms with E-state index >= 15 is 0 Å². The number of hydrogen-bond donors (Lipinski definition) is 0. The summed E-state index contributed by atoms with van der Waals surface area (Å²) in [5.41, 5.74) is 1.14. The molecule has 1 aliphatic rings. The van der Waals surface area contributed by atoms with Crippen molar-refractivity contribution in [3.05, 3.63) is 28.3 Å². The normalized spacial score (nSPS) is 16.4. The van der Waals surface area contributed by atoms with Crippen LogP contribution in [0.2, 0.25) is 0 Å². The van der Waals surface area contributed by atoms with E-state index in [1.165, 1.54) is 7.11 Å². The van der Waals surface area contributed by atoms with Gasteiger partial charge in [0.05, 0.1) is 19.3 Å². The lowest BCUT2D eigenvalue weighted by Crippen LogP contribution is -2.31. The quantitative estimate of drug-likeness (QED) is 0.615. The van der Waals surface area contributed by atoms with Gasteiger partial charge in [-0.2, -0.15) is 0 Å². The molecule has 6 nitrogen and oxygen atoms in total. The Balaban J connectivity index is 2.47. The van der Waals surface area contributed by atoms with E-state index in [2.05, 4.69) is 0 Å². The molecule has 0 spiro atoms. The highest BCUT2D eigenvalue weighted by Crippen LogP contribution is 2.39. The van der Waals surface area contributed by atoms with E-state index in [0.29, 0.717) is 11.1 Å². The number of carbonyl (C=O) groups excluding carboxylic acids is 3. The number of Topliss-reactive ketones (excluding diaryl/α,β-unsaturated/α-hetero) is 1. The van der Waals surface area contributed by atoms with Crippen molar-refractivity contribution >= 4 is 17.7 Å². The molecule has 1 aliphatic carbocycles. The first kappa shape index (κ1) is 19.0. The molecule has 25 heavy (non-hydrogen) atoms. The first-order valence-corrected chi connectivity index (χ1v) is 8.25. The highest BCUT2D eigenvalue weighted by Gasteiger charge is 2.42. The molecular formula is C19H24O6. The second-order valence-corrected chi connectivity index (χ2v) is 7.01. The Kier molecular flexibility index (Phi) is 5.20. The zero-order chi connectivity index (χ0) is 18.9. The standard InChI is InChI=1S/C19H24O6/c1-7-24-18(22)13-10(2)8-11-9-12(17(21)25-19(3,4)5)15(20)14(11)16(13)23-6/h8,12H,7,9H2,1-6H3. The van der Waals surface area contributed by atoms with Crippen molar-refractivity contribution in [2.75, 3.05) is 13.7 Å². The average Bonchev–Trinajstić information content (AvgIpc) is 2.81. The third kappa shape index (κ3) is 3.67. The summed E-state index contributed by atoms with van der Waals surface area (Å²) in [6.07, 6.45) is 0.239. The van der Waals surface area contributed by atoms with Gasteiger partial charge in [-0.15, -0.1) is 0 Å². The molecule has 6 heteroatoms. The second kappa shape index (κ2) is 6.86. The van der Waals surface area contributed by atoms with Gasteiger partial charge in [-0.05, 0) is 52.2 Å². The van der Waals surface area contributed by atoms with E-state index in [0.717, 1.165) is 0 Å². The number of aryl methyl sites for hydroxylation is 1. The van der Waals surface area contributed by atoms with Crippen molar-refractivity contribution in [1.29, 1.82) is 0 Å². The van der Waals surface area contributed by atoms with Gasteiger partial charge in [-0.25, -0.2) is 4.79 Å². The zero-order valence-corrected chi connectivity index (χ0v) is 15.5. The molecule has 1 aromatic rings. The number of methoxy groups -OCH3 is 1. The molecule has 136 valence electrons. The summed E-state index contributed by atoms with van der Waals surface area (Å²) in [5, 5.41) is 0. The fraction of sp³-hybridized carbons (Fsp3) is 0.526. The lowest BCUT2D eigenvalue weighted by Gasteiger charge is -2.21. The van der Waals surface area contributed by atoms with Gasteiger partial charge in [0.1, 0.15) is 22.8 Å². The van der Waals surface area contributed by atoms with Gasteiger partial charge in [-0.3, -0.25) is 9.59 Å². The molecule has 0 radical (unpaired) electrons. The Labute approximate surface area is 147 Å². The predicted molar refractivity (Wildman–Crippen MR) is 91.1 cm³/mol. The third-order valence-electron chi connectivity index (χ3n) is 3.92. The highest BCUT2D eigenvalue weighted by atomic mass is 16.6. The molecule has 0 amide bonds. The third-order valence-corrected chi connectivity index (χ3v) is 3.92. The van der Waals surface area contributed by atoms with Crippen LogP contribution in [0.4, 0.5) is 0 Å². The van der Waals surface area contributed by atoms with E-state index in [9.17, 15) is 14.4 Å². The predicted octanol–water partition coefficient (Wildman–Crippen LogP) is 2.88. The Hall–Kier alpha value is -2.37. The van der Waals surface area contributed by atoms with Crippen LogP contribution < -0.4 is 4.74 Å². The fourth-order valence-electron chi connectivity index (χ4n) is 3.00. The van der Waals surface area contributed by atoms with Gasteiger partial charge < -0.3 is 14.2 Å². The number of carbonyl (C=O) groups is 3. The first-order chi connectivity index (χ1) is 11.6. The topological polar surface area (TPSA) is 78.9 Å². The summed E-state index contributed by atoms with van der Waals surface area (Å²) >= 11 is 0. The highest BCUT2D eigenvalue weighted by molar-refractivity contribution is 6.15. The summed E-state index contributed by atoms with van der Waals surface area (Å²) in [7, 11) is 1.39. The minimum absolute atomic E-state index is 0.171. The van der Waals surface area contributed by atoms with Crippen molar-refractivity contribution in [2.45, 2.75) is 46.6 Å². The summed E-state index contributed by atoms with van der Waals surface area (Å²) in [6.45, 7) is 8.92. The van der Waals surface area contributed by atoms with Gasteiger partial charge >= 0.3 is 11.9 Å². The molecule has 1 unspecified atom stereocenters. The van der Waals surface area contributed by atoms with Gasteiger partial charge in [0.25, 0.3) is 0 Å². The fourth-order valence-corrected chi connectivity index (χ4v) is 3.00. The summed E-state index contributed by atoms with van der Waals surface area (Å²) in [4.78, 5) is 37.4. The van der Waals surface area contributed by atoms with Crippen LogP contribution >= 0.6 is 0 Å². The lowest BCUT2D eigenvalue weighted by atomic mass is 9.98. The van der Waals surface area contributed by atoms with E-state index in [1.54, 1.807) is 40.7 Å². The number of esters is 2. The summed E-state index contributed by atoms with van der Waals surface area (Å²) in [6, 6.07) is 1.74. The van der Waals surface area contributed by atoms with Gasteiger partial charge in [0.15, 0.2) is 5.78 Å². The van der Waals surface area contributed by atoms with Crippen molar-refractivity contribution in [2.24, 2.45) is 5.92 Å². The SMILES string of the molecule is CCOC(=O)c1c(C)cc2c(c1OC)C(=O)C(C(=O)OC(C)(C)C)C2. The maximum absolute atomic E-state index is 12.8. The molecule has 0 aromatic heterocycles. The molecule has 0 saturated heterocycles. The number of benzene rings is 1. The smallest absolute Gasteiger partial charge is 0.342 e. The molecule has 0 aliphatic heterocycles. The molecule has 0 fully saturated rings. The Morgan fingerprint density at radius 1 is 1.28 bits per heavy atom. The van der Waals surface area contributed by atoms with E-state index in [4.69, 9.17) is 14.2 Å². The van der Waals surface area contributed by atoms with Crippen LogP contribution in [-0.2, 0) is 20.7 Å². The number of hydrogen-bond acceptors (Lipinski definition) is 6. The number of rotatable bonds is 4. The maximum Gasteiger partial charge on any atom is 0.342 e. The number of ketones is 1. The minimum Gasteiger partial charge on any atom is -0.495 e. The molecule has 1 atom stereocenters. The Morgan fingerprint density at radius 3 is 2.44 bits per heavy atom. The zero-order valence-electron chi connectivity index (χ0n) is 15.5. The summed E-state index contributed by atoms with van der Waals surface area (Å²) < 4.78 is 15.8. The van der Waals surface area contributed by atoms with Gasteiger partial charge in [0, 0.05) is 0 Å². The van der Waals surface area contributed by atoms with Crippen LogP contribution in [0.1, 0.15) is 59.5 Å². The van der Waals surface area contributed by atoms with Crippen molar-refractivity contribution in [3.63, 3.8) is 0 Å². The van der Waals surface area contributed by atoms with E-state index < -0.39 is 23.5 Å². The molecular weight excluding hydrogens is 324 g/mol. The molecule has 0 bridgehead atoms. The van der Waals surface area contributed by atoms with Crippen LogP contribution in [-0.4, -0.2) is 37.0 Å². The van der Waals surface area contributed by atoms with Crippen LogP contribution in [0, 0.1) is 12.8 Å². The van der Waals surface area contributed by atoms with Crippen molar-refractivity contribution in [3.8, 4) is 5.75 Å². The van der Waals surface area contributed by atoms with Gasteiger partial charge in [0.2, 0.25) is 0 Å². The number of fused-ring (bicyclic) bond motifs is 1. The molecule has 0 heterocycles. The summed E-state index contributed by atoms with van der Waals surface area (Å²) in [5.74, 6) is -2.24. The van der Waals surface area contributed by atoms with Crippen LogP contribution in [0.15, 0.2) is 6.07 Å². The molecule has 0 N–H and O–H groups in total. The Bertz CT molecular complexity index is 726.